The molecule has 0 bridgehead atoms. The van der Waals surface area contributed by atoms with Crippen molar-refractivity contribution in [1.29, 1.82) is 0 Å². The highest BCUT2D eigenvalue weighted by Gasteiger charge is 2.29. The minimum Gasteiger partial charge on any atom is -0.477 e. The second kappa shape index (κ2) is 5.77. The monoisotopic (exact) mass is 216 g/mol. The van der Waals surface area contributed by atoms with Crippen LogP contribution in [0.2, 0.25) is 6.04 Å². The van der Waals surface area contributed by atoms with Gasteiger partial charge < -0.3 is 14.0 Å². The standard InChI is InChI=1S/C9H16O4Si/c1-5-14(12-3,13-4)7-6-8(2)9(10)11/h7H,5H2,1-4H3,(H,10,11). The summed E-state index contributed by atoms with van der Waals surface area (Å²) in [5.74, 6) is -0.979. The van der Waals surface area contributed by atoms with Crippen LogP contribution in [0.1, 0.15) is 13.8 Å². The molecule has 1 N–H and O–H groups in total. The summed E-state index contributed by atoms with van der Waals surface area (Å²) in [5, 5.41) is 8.61. The molecule has 0 heterocycles. The van der Waals surface area contributed by atoms with E-state index in [4.69, 9.17) is 14.0 Å². The van der Waals surface area contributed by atoms with Gasteiger partial charge in [-0.25, -0.2) is 4.79 Å². The minimum absolute atomic E-state index is 0.157. The van der Waals surface area contributed by atoms with Crippen LogP contribution in [0.4, 0.5) is 0 Å². The van der Waals surface area contributed by atoms with Crippen LogP contribution in [-0.2, 0) is 13.6 Å². The maximum absolute atomic E-state index is 10.5. The average molecular weight is 216 g/mol. The fraction of sp³-hybridized carbons (Fsp3) is 0.556. The van der Waals surface area contributed by atoms with E-state index in [1.165, 1.54) is 6.92 Å². The van der Waals surface area contributed by atoms with Gasteiger partial charge in [-0.2, -0.15) is 0 Å². The third-order valence-corrected chi connectivity index (χ3v) is 4.97. The lowest BCUT2D eigenvalue weighted by Gasteiger charge is -2.20. The summed E-state index contributed by atoms with van der Waals surface area (Å²) in [7, 11) is 0.780. The quantitative estimate of drug-likeness (QED) is 0.429. The molecule has 0 amide bonds. The first-order valence-electron chi connectivity index (χ1n) is 4.29. The van der Waals surface area contributed by atoms with Crippen LogP contribution in [-0.4, -0.2) is 33.9 Å². The second-order valence-corrected chi connectivity index (χ2v) is 6.23. The Bertz CT molecular complexity index is 254. The summed E-state index contributed by atoms with van der Waals surface area (Å²) < 4.78 is 10.5. The van der Waals surface area contributed by atoms with Gasteiger partial charge in [0.05, 0.1) is 5.57 Å². The van der Waals surface area contributed by atoms with Crippen LogP contribution in [0.15, 0.2) is 17.0 Å². The van der Waals surface area contributed by atoms with E-state index in [0.717, 1.165) is 6.04 Å². The number of rotatable bonds is 5. The summed E-state index contributed by atoms with van der Waals surface area (Å²) in [6, 6.07) is 0.722. The molecule has 0 aliphatic heterocycles. The lowest BCUT2D eigenvalue weighted by Crippen LogP contribution is -2.36. The first-order valence-corrected chi connectivity index (χ1v) is 6.39. The summed E-state index contributed by atoms with van der Waals surface area (Å²) >= 11 is 0. The molecule has 80 valence electrons. The first kappa shape index (κ1) is 13.1. The molecule has 0 aromatic heterocycles. The van der Waals surface area contributed by atoms with Crippen molar-refractivity contribution in [3.8, 4) is 0 Å². The molecule has 4 nitrogen and oxygen atoms in total. The van der Waals surface area contributed by atoms with Crippen LogP contribution < -0.4 is 0 Å². The van der Waals surface area contributed by atoms with Gasteiger partial charge in [0.1, 0.15) is 0 Å². The fourth-order valence-electron chi connectivity index (χ4n) is 0.872. The van der Waals surface area contributed by atoms with Crippen molar-refractivity contribution in [2.45, 2.75) is 19.9 Å². The molecule has 14 heavy (non-hydrogen) atoms. The Balaban J connectivity index is 4.92. The second-order valence-electron chi connectivity index (χ2n) is 2.79. The van der Waals surface area contributed by atoms with Gasteiger partial charge in [-0.1, -0.05) is 6.92 Å². The minimum atomic E-state index is -2.35. The van der Waals surface area contributed by atoms with E-state index in [-0.39, 0.29) is 5.57 Å². The lowest BCUT2D eigenvalue weighted by molar-refractivity contribution is -0.132. The summed E-state index contributed by atoms with van der Waals surface area (Å²) in [5.41, 5.74) is 4.46. The van der Waals surface area contributed by atoms with Crippen molar-refractivity contribution in [2.24, 2.45) is 0 Å². The fourth-order valence-corrected chi connectivity index (χ4v) is 2.49. The van der Waals surface area contributed by atoms with Gasteiger partial charge in [0.15, 0.2) is 0 Å². The third-order valence-electron chi connectivity index (χ3n) is 2.01. The number of carboxylic acid groups (broad SMARTS) is 1. The lowest BCUT2D eigenvalue weighted by atomic mass is 10.3. The Morgan fingerprint density at radius 3 is 2.29 bits per heavy atom. The molecule has 0 atom stereocenters. The number of carboxylic acids is 1. The van der Waals surface area contributed by atoms with Crippen molar-refractivity contribution in [3.05, 3.63) is 17.0 Å². The van der Waals surface area contributed by atoms with Crippen molar-refractivity contribution in [2.75, 3.05) is 14.2 Å². The van der Waals surface area contributed by atoms with Gasteiger partial charge in [0.2, 0.25) is 0 Å². The van der Waals surface area contributed by atoms with E-state index in [0.29, 0.717) is 0 Å². The number of hydrogen-bond acceptors (Lipinski definition) is 3. The molecule has 0 rings (SSSR count). The van der Waals surface area contributed by atoms with Gasteiger partial charge in [-0.3, -0.25) is 0 Å². The molecule has 0 radical (unpaired) electrons. The molecule has 0 fully saturated rings. The molecule has 0 aromatic rings. The Hall–Kier alpha value is -0.873. The molecule has 0 saturated heterocycles. The van der Waals surface area contributed by atoms with E-state index in [1.807, 2.05) is 6.92 Å². The summed E-state index contributed by atoms with van der Waals surface area (Å²) in [6.45, 7) is 3.42. The molecular weight excluding hydrogens is 200 g/mol. The van der Waals surface area contributed by atoms with Gasteiger partial charge in [0.25, 0.3) is 0 Å². The summed E-state index contributed by atoms with van der Waals surface area (Å²) in [6.07, 6.45) is 0. The molecule has 0 unspecified atom stereocenters. The zero-order valence-electron chi connectivity index (χ0n) is 8.96. The Morgan fingerprint density at radius 1 is 1.50 bits per heavy atom. The highest BCUT2D eigenvalue weighted by atomic mass is 28.4. The maximum atomic E-state index is 10.5. The Kier molecular flexibility index (Phi) is 5.41. The van der Waals surface area contributed by atoms with Crippen LogP contribution in [0.25, 0.3) is 0 Å². The highest BCUT2D eigenvalue weighted by Crippen LogP contribution is 2.12. The van der Waals surface area contributed by atoms with Crippen molar-refractivity contribution < 1.29 is 18.8 Å². The number of aliphatic carboxylic acids is 1. The summed E-state index contributed by atoms with van der Waals surface area (Å²) in [4.78, 5) is 10.5. The number of carbonyl (C=O) groups is 1. The average Bonchev–Trinajstić information content (AvgIpc) is 2.20. The van der Waals surface area contributed by atoms with Crippen LogP contribution in [0.5, 0.6) is 0 Å². The first-order chi connectivity index (χ1) is 6.51. The van der Waals surface area contributed by atoms with Gasteiger partial charge in [0, 0.05) is 19.9 Å². The molecular formula is C9H16O4Si. The van der Waals surface area contributed by atoms with Crippen molar-refractivity contribution >= 4 is 14.5 Å². The topological polar surface area (TPSA) is 55.8 Å². The molecule has 0 aliphatic rings. The number of hydrogen-bond donors (Lipinski definition) is 1. The van der Waals surface area contributed by atoms with Gasteiger partial charge in [-0.15, -0.1) is 5.73 Å². The van der Waals surface area contributed by atoms with Crippen LogP contribution in [0, 0.1) is 0 Å². The molecule has 0 aromatic carbocycles. The maximum Gasteiger partial charge on any atom is 0.372 e. The SMILES string of the molecule is CC[Si](C=C=C(C)C(=O)O)(OC)OC. The zero-order valence-corrected chi connectivity index (χ0v) is 9.96. The normalized spacial score (nSPS) is 10.6. The van der Waals surface area contributed by atoms with E-state index in [2.05, 4.69) is 5.73 Å². The Labute approximate surface area is 85.1 Å². The molecule has 0 saturated carbocycles. The third kappa shape index (κ3) is 3.47. The van der Waals surface area contributed by atoms with Gasteiger partial charge >= 0.3 is 14.5 Å². The zero-order chi connectivity index (χ0) is 11.2. The van der Waals surface area contributed by atoms with Crippen molar-refractivity contribution in [1.82, 2.24) is 0 Å². The molecule has 0 aliphatic carbocycles. The van der Waals surface area contributed by atoms with E-state index >= 15 is 0 Å². The van der Waals surface area contributed by atoms with Gasteiger partial charge in [-0.05, 0) is 13.0 Å². The molecule has 5 heteroatoms. The highest BCUT2D eigenvalue weighted by molar-refractivity contribution is 6.72. The molecule has 0 spiro atoms. The van der Waals surface area contributed by atoms with Crippen LogP contribution in [0.3, 0.4) is 0 Å². The predicted octanol–water partition coefficient (Wildman–Crippen LogP) is 1.47. The van der Waals surface area contributed by atoms with Crippen molar-refractivity contribution in [3.63, 3.8) is 0 Å². The van der Waals surface area contributed by atoms with Crippen LogP contribution >= 0.6 is 0 Å². The van der Waals surface area contributed by atoms with E-state index in [1.54, 1.807) is 19.9 Å². The van der Waals surface area contributed by atoms with E-state index in [9.17, 15) is 4.79 Å². The predicted molar refractivity (Wildman–Crippen MR) is 55.2 cm³/mol. The van der Waals surface area contributed by atoms with E-state index < -0.39 is 14.5 Å². The largest absolute Gasteiger partial charge is 0.477 e. The smallest absolute Gasteiger partial charge is 0.372 e. The Morgan fingerprint density at radius 2 is 2.00 bits per heavy atom.